The van der Waals surface area contributed by atoms with Crippen molar-refractivity contribution >= 4 is 23.6 Å². The van der Waals surface area contributed by atoms with Crippen molar-refractivity contribution < 1.29 is 23.9 Å². The molecule has 0 aromatic carbocycles. The van der Waals surface area contributed by atoms with Crippen LogP contribution >= 0.6 is 0 Å². The number of nitrogens with one attached hydrogen (secondary N) is 2. The number of likely N-dealkylation sites (N-methyl/N-ethyl adjacent to an activating group) is 1. The second kappa shape index (κ2) is 11.9. The molecule has 5 rings (SSSR count). The molecule has 4 fully saturated rings. The molecule has 4 amide bonds. The first kappa shape index (κ1) is 28.6. The van der Waals surface area contributed by atoms with Gasteiger partial charge in [0.25, 0.3) is 5.91 Å². The van der Waals surface area contributed by atoms with E-state index in [1.165, 1.54) is 25.5 Å². The summed E-state index contributed by atoms with van der Waals surface area (Å²) in [5, 5.41) is 9.76. The lowest BCUT2D eigenvalue weighted by Gasteiger charge is -2.50. The minimum absolute atomic E-state index is 0.122. The fraction of sp³-hybridized carbons (Fsp3) is 0.759. The van der Waals surface area contributed by atoms with Gasteiger partial charge in [-0.3, -0.25) is 23.9 Å². The zero-order valence-corrected chi connectivity index (χ0v) is 24.1. The summed E-state index contributed by atoms with van der Waals surface area (Å²) < 4.78 is 7.71. The second-order valence-electron chi connectivity index (χ2n) is 12.5. The van der Waals surface area contributed by atoms with Crippen molar-refractivity contribution in [3.63, 3.8) is 0 Å². The molecule has 0 radical (unpaired) electrons. The van der Waals surface area contributed by atoms with E-state index in [4.69, 9.17) is 4.74 Å². The molecule has 2 aliphatic carbocycles. The van der Waals surface area contributed by atoms with Gasteiger partial charge in [0.2, 0.25) is 17.7 Å². The van der Waals surface area contributed by atoms with Crippen LogP contribution in [0.5, 0.6) is 0 Å². The molecule has 4 aliphatic rings. The van der Waals surface area contributed by atoms with Crippen molar-refractivity contribution in [3.05, 3.63) is 18.0 Å². The molecular weight excluding hydrogens is 512 g/mol. The van der Waals surface area contributed by atoms with E-state index in [0.717, 1.165) is 25.7 Å². The average molecular weight is 557 g/mol. The van der Waals surface area contributed by atoms with E-state index in [-0.39, 0.29) is 30.2 Å². The number of rotatable bonds is 10. The molecule has 2 saturated heterocycles. The molecule has 2 aliphatic heterocycles. The van der Waals surface area contributed by atoms with Crippen LogP contribution in [-0.4, -0.2) is 95.2 Å². The molecule has 0 bridgehead atoms. The molecule has 3 heterocycles. The Hall–Kier alpha value is -2.95. The normalized spacial score (nSPS) is 23.9. The predicted molar refractivity (Wildman–Crippen MR) is 147 cm³/mol. The van der Waals surface area contributed by atoms with Crippen LogP contribution in [0.3, 0.4) is 0 Å². The molecule has 0 unspecified atom stereocenters. The quantitative estimate of drug-likeness (QED) is 0.448. The maximum Gasteiger partial charge on any atom is 0.257 e. The van der Waals surface area contributed by atoms with E-state index in [9.17, 15) is 19.2 Å². The molecule has 11 heteroatoms. The van der Waals surface area contributed by atoms with Crippen molar-refractivity contribution in [1.82, 2.24) is 30.2 Å². The van der Waals surface area contributed by atoms with Gasteiger partial charge in [0.1, 0.15) is 6.04 Å². The van der Waals surface area contributed by atoms with Gasteiger partial charge in [0.15, 0.2) is 0 Å². The van der Waals surface area contributed by atoms with E-state index < -0.39 is 23.5 Å². The van der Waals surface area contributed by atoms with Gasteiger partial charge in [-0.25, -0.2) is 0 Å². The lowest BCUT2D eigenvalue weighted by Crippen LogP contribution is -2.65. The smallest absolute Gasteiger partial charge is 0.257 e. The first-order chi connectivity index (χ1) is 19.2. The highest BCUT2D eigenvalue weighted by Gasteiger charge is 2.59. The molecule has 220 valence electrons. The average Bonchev–Trinajstić information content (AvgIpc) is 3.48. The van der Waals surface area contributed by atoms with Crippen molar-refractivity contribution in [2.24, 2.45) is 30.2 Å². The van der Waals surface area contributed by atoms with E-state index >= 15 is 0 Å². The summed E-state index contributed by atoms with van der Waals surface area (Å²) in [6, 6.07) is -0.853. The highest BCUT2D eigenvalue weighted by atomic mass is 16.5. The standard InChI is InChI=1S/C29H44N6O5/c1-19(40-15-21-7-5-4-6-8-21)25(27(38)30-2)32-26(37)23-14-34(28(39)22-12-31-33(3)13-22)16-29(23)17-35(18-29)24(36)11-20-9-10-20/h12-13,19-21,23,25H,4-11,14-18H2,1-3H3,(H,30,38)(H,32,37)/t19-,23+,25+/m1/s1. The molecule has 1 aromatic heterocycles. The lowest BCUT2D eigenvalue weighted by molar-refractivity contribution is -0.151. The molecule has 11 nitrogen and oxygen atoms in total. The number of aryl methyl sites for hydroxylation is 1. The highest BCUT2D eigenvalue weighted by Crippen LogP contribution is 2.45. The van der Waals surface area contributed by atoms with Crippen LogP contribution in [0.15, 0.2) is 12.4 Å². The third-order valence-corrected chi connectivity index (χ3v) is 9.34. The van der Waals surface area contributed by atoms with Gasteiger partial charge >= 0.3 is 0 Å². The van der Waals surface area contributed by atoms with Crippen LogP contribution in [-0.2, 0) is 26.2 Å². The maximum atomic E-state index is 13.9. The zero-order valence-electron chi connectivity index (χ0n) is 24.1. The lowest BCUT2D eigenvalue weighted by atomic mass is 9.71. The predicted octanol–water partition coefficient (Wildman–Crippen LogP) is 1.34. The Labute approximate surface area is 236 Å². The van der Waals surface area contributed by atoms with Gasteiger partial charge in [-0.05, 0) is 44.4 Å². The number of amides is 4. The van der Waals surface area contributed by atoms with Crippen LogP contribution in [0.4, 0.5) is 0 Å². The molecule has 2 saturated carbocycles. The first-order valence-corrected chi connectivity index (χ1v) is 14.9. The summed E-state index contributed by atoms with van der Waals surface area (Å²) in [5.74, 6) is -0.229. The zero-order chi connectivity index (χ0) is 28.4. The van der Waals surface area contributed by atoms with Crippen LogP contribution in [0.25, 0.3) is 0 Å². The van der Waals surface area contributed by atoms with E-state index in [0.29, 0.717) is 50.1 Å². The Morgan fingerprint density at radius 2 is 1.75 bits per heavy atom. The molecule has 2 N–H and O–H groups in total. The van der Waals surface area contributed by atoms with Crippen LogP contribution in [0, 0.1) is 23.2 Å². The van der Waals surface area contributed by atoms with E-state index in [1.54, 1.807) is 29.9 Å². The third kappa shape index (κ3) is 6.19. The van der Waals surface area contributed by atoms with Gasteiger partial charge in [-0.1, -0.05) is 19.3 Å². The number of hydrogen-bond acceptors (Lipinski definition) is 6. The van der Waals surface area contributed by atoms with Gasteiger partial charge in [0.05, 0.1) is 23.8 Å². The summed E-state index contributed by atoms with van der Waals surface area (Å²) in [7, 11) is 3.31. The Bertz CT molecular complexity index is 1100. The van der Waals surface area contributed by atoms with E-state index in [1.807, 2.05) is 11.8 Å². The summed E-state index contributed by atoms with van der Waals surface area (Å²) in [4.78, 5) is 56.4. The summed E-state index contributed by atoms with van der Waals surface area (Å²) in [6.45, 7) is 3.88. The minimum atomic E-state index is -0.853. The number of ether oxygens (including phenoxy) is 1. The number of likely N-dealkylation sites (tertiary alicyclic amines) is 2. The monoisotopic (exact) mass is 556 g/mol. The molecule has 1 spiro atoms. The number of aromatic nitrogens is 2. The van der Waals surface area contributed by atoms with E-state index in [2.05, 4.69) is 15.7 Å². The van der Waals surface area contributed by atoms with Gasteiger partial charge in [-0.2, -0.15) is 5.10 Å². The van der Waals surface area contributed by atoms with Gasteiger partial charge in [0, 0.05) is 64.9 Å². The molecule has 3 atom stereocenters. The number of carbonyl (C=O) groups is 4. The summed E-state index contributed by atoms with van der Waals surface area (Å²) in [6.07, 6.45) is 11.4. The Morgan fingerprint density at radius 1 is 1.05 bits per heavy atom. The van der Waals surface area contributed by atoms with Crippen molar-refractivity contribution in [2.45, 2.75) is 70.4 Å². The number of hydrogen-bond donors (Lipinski definition) is 2. The Balaban J connectivity index is 1.28. The van der Waals surface area contributed by atoms with Crippen molar-refractivity contribution in [2.75, 3.05) is 39.8 Å². The van der Waals surface area contributed by atoms with Crippen molar-refractivity contribution in [3.8, 4) is 0 Å². The van der Waals surface area contributed by atoms with Crippen LogP contribution in [0.1, 0.15) is 68.6 Å². The Morgan fingerprint density at radius 3 is 2.38 bits per heavy atom. The Kier molecular flexibility index (Phi) is 8.49. The number of nitrogens with zero attached hydrogens (tertiary/aromatic N) is 4. The minimum Gasteiger partial charge on any atom is -0.376 e. The fourth-order valence-corrected chi connectivity index (χ4v) is 6.65. The van der Waals surface area contributed by atoms with Crippen LogP contribution < -0.4 is 10.6 Å². The summed E-state index contributed by atoms with van der Waals surface area (Å²) in [5.41, 5.74) is -0.0756. The fourth-order valence-electron chi connectivity index (χ4n) is 6.65. The van der Waals surface area contributed by atoms with Crippen molar-refractivity contribution in [1.29, 1.82) is 0 Å². The topological polar surface area (TPSA) is 126 Å². The molecule has 1 aromatic rings. The number of carbonyl (C=O) groups excluding carboxylic acids is 4. The molecular formula is C29H44N6O5. The summed E-state index contributed by atoms with van der Waals surface area (Å²) >= 11 is 0. The maximum absolute atomic E-state index is 13.9. The van der Waals surface area contributed by atoms with Gasteiger partial charge < -0.3 is 25.2 Å². The SMILES string of the molecule is CNC(=O)[C@@H](NC(=O)[C@@H]1CN(C(=O)c2cnn(C)c2)CC12CN(C(=O)CC1CC1)C2)[C@@H](C)OCC1CCCCC1. The largest absolute Gasteiger partial charge is 0.376 e. The molecule has 40 heavy (non-hydrogen) atoms. The van der Waals surface area contributed by atoms with Crippen LogP contribution in [0.2, 0.25) is 0 Å². The first-order valence-electron chi connectivity index (χ1n) is 14.9. The third-order valence-electron chi connectivity index (χ3n) is 9.34. The highest BCUT2D eigenvalue weighted by molar-refractivity contribution is 5.95. The second-order valence-corrected chi connectivity index (χ2v) is 12.5. The van der Waals surface area contributed by atoms with Gasteiger partial charge in [-0.15, -0.1) is 0 Å².